The van der Waals surface area contributed by atoms with Gasteiger partial charge in [-0.15, -0.1) is 0 Å². The van der Waals surface area contributed by atoms with Crippen molar-refractivity contribution in [2.45, 2.75) is 19.9 Å². The topological polar surface area (TPSA) is 109 Å². The molecule has 0 atom stereocenters. The lowest BCUT2D eigenvalue weighted by molar-refractivity contribution is -0.115. The Balaban J connectivity index is 1.48. The number of anilines is 2. The summed E-state index contributed by atoms with van der Waals surface area (Å²) in [7, 11) is 0. The van der Waals surface area contributed by atoms with Crippen LogP contribution in [0.15, 0.2) is 65.3 Å². The summed E-state index contributed by atoms with van der Waals surface area (Å²) in [6.07, 6.45) is 1.84. The Morgan fingerprint density at radius 2 is 1.58 bits per heavy atom. The first-order chi connectivity index (χ1) is 15.0. The number of hydrogen-bond donors (Lipinski definition) is 2. The number of furan rings is 1. The number of fused-ring (bicyclic) bond motifs is 1. The summed E-state index contributed by atoms with van der Waals surface area (Å²) < 4.78 is 5.22. The molecular weight excluding hydrogens is 398 g/mol. The van der Waals surface area contributed by atoms with Crippen molar-refractivity contribution in [3.63, 3.8) is 0 Å². The zero-order valence-electron chi connectivity index (χ0n) is 16.7. The molecule has 8 nitrogen and oxygen atoms in total. The highest BCUT2D eigenvalue weighted by atomic mass is 16.3. The molecule has 4 amide bonds. The van der Waals surface area contributed by atoms with Gasteiger partial charge < -0.3 is 15.1 Å². The van der Waals surface area contributed by atoms with Crippen LogP contribution in [0.25, 0.3) is 0 Å². The highest BCUT2D eigenvalue weighted by Crippen LogP contribution is 2.26. The van der Waals surface area contributed by atoms with Crippen LogP contribution < -0.4 is 10.6 Å². The van der Waals surface area contributed by atoms with Crippen LogP contribution in [0.5, 0.6) is 0 Å². The lowest BCUT2D eigenvalue weighted by atomic mass is 10.1. The number of carbonyl (C=O) groups is 4. The first-order valence-electron chi connectivity index (χ1n) is 9.70. The molecule has 2 aromatic carbocycles. The third-order valence-corrected chi connectivity index (χ3v) is 4.87. The minimum atomic E-state index is -0.470. The second-order valence-corrected chi connectivity index (χ2v) is 6.97. The molecule has 0 spiro atoms. The van der Waals surface area contributed by atoms with Gasteiger partial charge >= 0.3 is 0 Å². The second-order valence-electron chi connectivity index (χ2n) is 6.97. The number of imide groups is 1. The van der Waals surface area contributed by atoms with Crippen molar-refractivity contribution in [2.75, 3.05) is 10.6 Å². The summed E-state index contributed by atoms with van der Waals surface area (Å²) in [5.74, 6) is -0.922. The van der Waals surface area contributed by atoms with E-state index in [1.807, 2.05) is 0 Å². The van der Waals surface area contributed by atoms with E-state index in [-0.39, 0.29) is 29.1 Å². The first-order valence-corrected chi connectivity index (χ1v) is 9.70. The van der Waals surface area contributed by atoms with Gasteiger partial charge in [-0.2, -0.15) is 0 Å². The summed E-state index contributed by atoms with van der Waals surface area (Å²) in [5.41, 5.74) is 1.85. The molecule has 2 N–H and O–H groups in total. The quantitative estimate of drug-likeness (QED) is 0.595. The van der Waals surface area contributed by atoms with Crippen LogP contribution in [0.2, 0.25) is 0 Å². The van der Waals surface area contributed by atoms with E-state index in [4.69, 9.17) is 4.42 Å². The fourth-order valence-corrected chi connectivity index (χ4v) is 3.22. The molecule has 0 bridgehead atoms. The van der Waals surface area contributed by atoms with Crippen molar-refractivity contribution in [1.29, 1.82) is 0 Å². The van der Waals surface area contributed by atoms with Crippen molar-refractivity contribution in [1.82, 2.24) is 4.90 Å². The number of nitrogens with one attached hydrogen (secondary N) is 2. The van der Waals surface area contributed by atoms with Crippen molar-refractivity contribution >= 4 is 35.0 Å². The zero-order valence-corrected chi connectivity index (χ0v) is 16.7. The average molecular weight is 417 g/mol. The van der Waals surface area contributed by atoms with E-state index in [0.29, 0.717) is 23.6 Å². The fourth-order valence-electron chi connectivity index (χ4n) is 3.22. The third kappa shape index (κ3) is 4.09. The standard InChI is InChI=1S/C23H19N3O5/c1-2-20(27)24-15-6-8-16(9-7-15)25-21(28)14-5-10-18-19(12-14)23(30)26(22(18)29)13-17-4-3-11-31-17/h3-12H,2,13H2,1H3,(H,24,27)(H,25,28). The van der Waals surface area contributed by atoms with Gasteiger partial charge in [0.1, 0.15) is 5.76 Å². The summed E-state index contributed by atoms with van der Waals surface area (Å²) in [6.45, 7) is 1.79. The molecule has 0 aliphatic carbocycles. The zero-order chi connectivity index (χ0) is 22.0. The van der Waals surface area contributed by atoms with Crippen LogP contribution >= 0.6 is 0 Å². The molecule has 0 radical (unpaired) electrons. The molecular formula is C23H19N3O5. The molecule has 4 rings (SSSR count). The monoisotopic (exact) mass is 417 g/mol. The lowest BCUT2D eigenvalue weighted by Crippen LogP contribution is -2.28. The van der Waals surface area contributed by atoms with Gasteiger partial charge in [0.25, 0.3) is 17.7 Å². The van der Waals surface area contributed by atoms with Gasteiger partial charge in [-0.3, -0.25) is 24.1 Å². The van der Waals surface area contributed by atoms with Crippen LogP contribution in [0.4, 0.5) is 11.4 Å². The van der Waals surface area contributed by atoms with Gasteiger partial charge in [0.15, 0.2) is 0 Å². The van der Waals surface area contributed by atoms with E-state index in [1.54, 1.807) is 43.3 Å². The maximum Gasteiger partial charge on any atom is 0.261 e. The lowest BCUT2D eigenvalue weighted by Gasteiger charge is -2.11. The Hall–Kier alpha value is -4.20. The molecule has 1 aliphatic heterocycles. The van der Waals surface area contributed by atoms with Crippen molar-refractivity contribution in [3.05, 3.63) is 83.3 Å². The molecule has 0 unspecified atom stereocenters. The molecule has 3 aromatic rings. The minimum Gasteiger partial charge on any atom is -0.467 e. The van der Waals surface area contributed by atoms with Gasteiger partial charge in [0.05, 0.1) is 23.9 Å². The normalized spacial score (nSPS) is 12.6. The van der Waals surface area contributed by atoms with E-state index >= 15 is 0 Å². The molecule has 156 valence electrons. The van der Waals surface area contributed by atoms with Gasteiger partial charge in [0, 0.05) is 23.4 Å². The molecule has 0 fully saturated rings. The van der Waals surface area contributed by atoms with E-state index in [0.717, 1.165) is 4.90 Å². The van der Waals surface area contributed by atoms with Crippen LogP contribution in [-0.4, -0.2) is 28.5 Å². The first kappa shape index (κ1) is 20.1. The summed E-state index contributed by atoms with van der Waals surface area (Å²) in [4.78, 5) is 50.5. The Morgan fingerprint density at radius 3 is 2.23 bits per heavy atom. The highest BCUT2D eigenvalue weighted by Gasteiger charge is 2.36. The molecule has 31 heavy (non-hydrogen) atoms. The van der Waals surface area contributed by atoms with E-state index in [2.05, 4.69) is 10.6 Å². The largest absolute Gasteiger partial charge is 0.467 e. The number of rotatable bonds is 6. The number of hydrogen-bond acceptors (Lipinski definition) is 5. The number of nitrogens with zero attached hydrogens (tertiary/aromatic N) is 1. The molecule has 8 heteroatoms. The van der Waals surface area contributed by atoms with E-state index < -0.39 is 17.7 Å². The molecule has 2 heterocycles. The fraction of sp³-hybridized carbons (Fsp3) is 0.130. The number of benzene rings is 2. The highest BCUT2D eigenvalue weighted by molar-refractivity contribution is 6.22. The summed E-state index contributed by atoms with van der Waals surface area (Å²) in [5, 5.41) is 5.47. The maximum atomic E-state index is 12.7. The SMILES string of the molecule is CCC(=O)Nc1ccc(NC(=O)c2ccc3c(c2)C(=O)N(Cc2ccco2)C3=O)cc1. The van der Waals surface area contributed by atoms with Crippen molar-refractivity contribution in [2.24, 2.45) is 0 Å². The van der Waals surface area contributed by atoms with Gasteiger partial charge in [-0.25, -0.2) is 0 Å². The van der Waals surface area contributed by atoms with Crippen LogP contribution in [0.1, 0.15) is 50.2 Å². The van der Waals surface area contributed by atoms with Gasteiger partial charge in [0.2, 0.25) is 5.91 Å². The summed E-state index contributed by atoms with van der Waals surface area (Å²) in [6, 6.07) is 14.5. The number of carbonyl (C=O) groups excluding carboxylic acids is 4. The maximum absolute atomic E-state index is 12.7. The summed E-state index contributed by atoms with van der Waals surface area (Å²) >= 11 is 0. The third-order valence-electron chi connectivity index (χ3n) is 4.87. The Labute approximate surface area is 177 Å². The van der Waals surface area contributed by atoms with Crippen LogP contribution in [0, 0.1) is 0 Å². The van der Waals surface area contributed by atoms with Gasteiger partial charge in [-0.1, -0.05) is 6.92 Å². The van der Waals surface area contributed by atoms with E-state index in [1.165, 1.54) is 24.5 Å². The van der Waals surface area contributed by atoms with E-state index in [9.17, 15) is 19.2 Å². The average Bonchev–Trinajstić information content (AvgIpc) is 3.38. The molecule has 0 saturated heterocycles. The molecule has 0 saturated carbocycles. The minimum absolute atomic E-state index is 0.0296. The van der Waals surface area contributed by atoms with Crippen molar-refractivity contribution in [3.8, 4) is 0 Å². The Bertz CT molecular complexity index is 1170. The predicted octanol–water partition coefficient (Wildman–Crippen LogP) is 3.68. The predicted molar refractivity (Wildman–Crippen MR) is 113 cm³/mol. The van der Waals surface area contributed by atoms with Crippen LogP contribution in [-0.2, 0) is 11.3 Å². The molecule has 1 aliphatic rings. The number of amides is 4. The second kappa shape index (κ2) is 8.27. The Morgan fingerprint density at radius 1 is 0.903 bits per heavy atom. The smallest absolute Gasteiger partial charge is 0.261 e. The van der Waals surface area contributed by atoms with Crippen molar-refractivity contribution < 1.29 is 23.6 Å². The molecule has 1 aromatic heterocycles. The Kier molecular flexibility index (Phi) is 5.36. The van der Waals surface area contributed by atoms with Gasteiger partial charge in [-0.05, 0) is 54.6 Å². The van der Waals surface area contributed by atoms with Crippen LogP contribution in [0.3, 0.4) is 0 Å².